The van der Waals surface area contributed by atoms with Gasteiger partial charge in [-0.15, -0.1) is 0 Å². The van der Waals surface area contributed by atoms with Gasteiger partial charge in [0.1, 0.15) is 16.7 Å². The number of amides is 2. The molecule has 3 atom stereocenters. The summed E-state index contributed by atoms with van der Waals surface area (Å²) >= 11 is 0. The van der Waals surface area contributed by atoms with Crippen LogP contribution in [0.2, 0.25) is 0 Å². The van der Waals surface area contributed by atoms with E-state index in [1.807, 2.05) is 20.8 Å². The molecule has 0 saturated heterocycles. The van der Waals surface area contributed by atoms with Crippen molar-refractivity contribution < 1.29 is 23.1 Å². The molecule has 2 amide bonds. The molecule has 1 aliphatic heterocycles. The molecule has 0 aromatic heterocycles. The number of fused-ring (bicyclic) bond motifs is 1. The number of sulfonamides is 1. The normalized spacial score (nSPS) is 23.2. The Kier molecular flexibility index (Phi) is 7.93. The summed E-state index contributed by atoms with van der Waals surface area (Å²) in [6.07, 6.45) is 1.74. The summed E-state index contributed by atoms with van der Waals surface area (Å²) in [5.74, 6) is 6.71. The van der Waals surface area contributed by atoms with E-state index in [-0.39, 0.29) is 48.3 Å². The van der Waals surface area contributed by atoms with Gasteiger partial charge in [-0.25, -0.2) is 13.2 Å². The van der Waals surface area contributed by atoms with Gasteiger partial charge in [-0.2, -0.15) is 4.31 Å². The third kappa shape index (κ3) is 6.19. The Morgan fingerprint density at radius 2 is 2.03 bits per heavy atom. The Labute approximate surface area is 197 Å². The molecule has 0 radical (unpaired) electrons. The number of hydrogen-bond donors (Lipinski definition) is 2. The molecule has 0 bridgehead atoms. The number of benzene rings is 1. The Balaban J connectivity index is 1.99. The number of carbonyl (C=O) groups excluding carboxylic acids is 1. The van der Waals surface area contributed by atoms with Gasteiger partial charge in [-0.05, 0) is 51.8 Å². The van der Waals surface area contributed by atoms with E-state index in [1.54, 1.807) is 31.0 Å². The fraction of sp³-hybridized carbons (Fsp3) is 0.625. The van der Waals surface area contributed by atoms with Crippen LogP contribution in [-0.2, 0) is 10.0 Å². The van der Waals surface area contributed by atoms with Crippen LogP contribution in [0.4, 0.5) is 4.79 Å². The molecule has 182 valence electrons. The first kappa shape index (κ1) is 25.3. The minimum absolute atomic E-state index is 0.00464. The van der Waals surface area contributed by atoms with Crippen molar-refractivity contribution in [1.29, 1.82) is 0 Å². The summed E-state index contributed by atoms with van der Waals surface area (Å²) < 4.78 is 34.6. The molecule has 2 N–H and O–H groups in total. The molecule has 1 aromatic carbocycles. The average Bonchev–Trinajstić information content (AvgIpc) is 3.58. The molecule has 1 saturated carbocycles. The maximum Gasteiger partial charge on any atom is 0.317 e. The molecular formula is C24H35N3O5S. The van der Waals surface area contributed by atoms with E-state index in [9.17, 15) is 18.3 Å². The predicted molar refractivity (Wildman–Crippen MR) is 126 cm³/mol. The molecule has 0 unspecified atom stereocenters. The summed E-state index contributed by atoms with van der Waals surface area (Å²) in [5, 5.41) is 12.6. The monoisotopic (exact) mass is 477 g/mol. The quantitative estimate of drug-likeness (QED) is 0.634. The van der Waals surface area contributed by atoms with Crippen molar-refractivity contribution in [1.82, 2.24) is 14.5 Å². The number of hydrogen-bond acceptors (Lipinski definition) is 5. The Morgan fingerprint density at radius 1 is 1.33 bits per heavy atom. The largest absolute Gasteiger partial charge is 0.487 e. The van der Waals surface area contributed by atoms with Crippen molar-refractivity contribution >= 4 is 16.1 Å². The van der Waals surface area contributed by atoms with Crippen LogP contribution >= 0.6 is 0 Å². The van der Waals surface area contributed by atoms with Gasteiger partial charge in [0.15, 0.2) is 0 Å². The van der Waals surface area contributed by atoms with E-state index in [1.165, 1.54) is 10.4 Å². The van der Waals surface area contributed by atoms with Crippen LogP contribution in [0.5, 0.6) is 5.75 Å². The predicted octanol–water partition coefficient (Wildman–Crippen LogP) is 2.27. The molecule has 9 heteroatoms. The first-order chi connectivity index (χ1) is 15.5. The zero-order chi connectivity index (χ0) is 24.3. The SMILES string of the molecule is CC(C)NC(=O)N(C)C[C@@H]1Oc2cc(C#CC3CC3)ccc2S(=O)(=O)N([C@H](C)CO)C[C@H]1C. The van der Waals surface area contributed by atoms with Crippen LogP contribution in [0, 0.1) is 23.7 Å². The van der Waals surface area contributed by atoms with Crippen molar-refractivity contribution in [3.8, 4) is 17.6 Å². The van der Waals surface area contributed by atoms with Crippen molar-refractivity contribution in [3.63, 3.8) is 0 Å². The Morgan fingerprint density at radius 3 is 2.64 bits per heavy atom. The zero-order valence-electron chi connectivity index (χ0n) is 20.0. The van der Waals surface area contributed by atoms with Crippen LogP contribution < -0.4 is 10.1 Å². The number of aliphatic hydroxyl groups excluding tert-OH is 1. The van der Waals surface area contributed by atoms with E-state index < -0.39 is 22.2 Å². The van der Waals surface area contributed by atoms with E-state index in [2.05, 4.69) is 17.2 Å². The summed E-state index contributed by atoms with van der Waals surface area (Å²) in [4.78, 5) is 14.1. The second kappa shape index (κ2) is 10.3. The van der Waals surface area contributed by atoms with Crippen molar-refractivity contribution in [3.05, 3.63) is 23.8 Å². The standard InChI is InChI=1S/C24H35N3O5S/c1-16(2)25-24(29)26(5)14-22-17(3)13-27(18(4)15-28)33(30,31)23-11-10-20(12-21(23)32-22)9-8-19-6-7-19/h10-12,16-19,22,28H,6-7,13-15H2,1-5H3,(H,25,29)/t17-,18-,22+/m1/s1. The molecule has 0 spiro atoms. The van der Waals surface area contributed by atoms with Gasteiger partial charge in [0.2, 0.25) is 10.0 Å². The number of carbonyl (C=O) groups is 1. The molecule has 3 rings (SSSR count). The summed E-state index contributed by atoms with van der Waals surface area (Å²) in [6.45, 7) is 7.50. The van der Waals surface area contributed by atoms with Crippen LogP contribution in [0.3, 0.4) is 0 Å². The number of nitrogens with zero attached hydrogens (tertiary/aromatic N) is 2. The minimum Gasteiger partial charge on any atom is -0.487 e. The first-order valence-electron chi connectivity index (χ1n) is 11.5. The number of ether oxygens (including phenoxy) is 1. The van der Waals surface area contributed by atoms with Crippen LogP contribution in [-0.4, -0.2) is 73.7 Å². The molecule has 1 aliphatic carbocycles. The van der Waals surface area contributed by atoms with Gasteiger partial charge in [-0.3, -0.25) is 0 Å². The van der Waals surface area contributed by atoms with Gasteiger partial charge in [0.25, 0.3) is 0 Å². The molecule has 2 aliphatic rings. The van der Waals surface area contributed by atoms with Crippen molar-refractivity contribution in [2.75, 3.05) is 26.7 Å². The van der Waals surface area contributed by atoms with Crippen LogP contribution in [0.25, 0.3) is 0 Å². The second-order valence-corrected chi connectivity index (χ2v) is 11.3. The van der Waals surface area contributed by atoms with Gasteiger partial charge < -0.3 is 20.1 Å². The molecular weight excluding hydrogens is 442 g/mol. The smallest absolute Gasteiger partial charge is 0.317 e. The maximum absolute atomic E-state index is 13.5. The first-order valence-corrected chi connectivity index (χ1v) is 12.9. The lowest BCUT2D eigenvalue weighted by atomic mass is 10.0. The minimum atomic E-state index is -3.90. The number of rotatable bonds is 5. The van der Waals surface area contributed by atoms with Crippen LogP contribution in [0.1, 0.15) is 46.1 Å². The molecule has 1 fully saturated rings. The van der Waals surface area contributed by atoms with Crippen LogP contribution in [0.15, 0.2) is 23.1 Å². The number of urea groups is 1. The number of nitrogens with one attached hydrogen (secondary N) is 1. The Bertz CT molecular complexity index is 1030. The van der Waals surface area contributed by atoms with E-state index in [0.717, 1.165) is 12.8 Å². The maximum atomic E-state index is 13.5. The highest BCUT2D eigenvalue weighted by molar-refractivity contribution is 7.89. The highest BCUT2D eigenvalue weighted by atomic mass is 32.2. The van der Waals surface area contributed by atoms with E-state index >= 15 is 0 Å². The molecule has 8 nitrogen and oxygen atoms in total. The topological polar surface area (TPSA) is 99.2 Å². The summed E-state index contributed by atoms with van der Waals surface area (Å²) in [5.41, 5.74) is 0.690. The van der Waals surface area contributed by atoms with Gasteiger partial charge >= 0.3 is 6.03 Å². The lowest BCUT2D eigenvalue weighted by Crippen LogP contribution is -2.51. The highest BCUT2D eigenvalue weighted by Gasteiger charge is 2.38. The molecule has 1 aromatic rings. The Hall–Kier alpha value is -2.28. The average molecular weight is 478 g/mol. The third-order valence-electron chi connectivity index (χ3n) is 5.88. The fourth-order valence-electron chi connectivity index (χ4n) is 3.64. The highest BCUT2D eigenvalue weighted by Crippen LogP contribution is 2.34. The van der Waals surface area contributed by atoms with Crippen molar-refractivity contribution in [2.45, 2.75) is 63.6 Å². The van der Waals surface area contributed by atoms with Gasteiger partial charge in [-0.1, -0.05) is 18.8 Å². The van der Waals surface area contributed by atoms with E-state index in [4.69, 9.17) is 4.74 Å². The summed E-state index contributed by atoms with van der Waals surface area (Å²) in [7, 11) is -2.21. The number of aliphatic hydroxyl groups is 1. The lowest BCUT2D eigenvalue weighted by molar-refractivity contribution is 0.0809. The second-order valence-electron chi connectivity index (χ2n) is 9.43. The molecule has 33 heavy (non-hydrogen) atoms. The van der Waals surface area contributed by atoms with Gasteiger partial charge in [0, 0.05) is 43.1 Å². The van der Waals surface area contributed by atoms with Gasteiger partial charge in [0.05, 0.1) is 13.2 Å². The molecule has 1 heterocycles. The summed E-state index contributed by atoms with van der Waals surface area (Å²) in [6, 6.07) is 4.07. The van der Waals surface area contributed by atoms with E-state index in [0.29, 0.717) is 11.5 Å². The fourth-order valence-corrected chi connectivity index (χ4v) is 5.47. The lowest BCUT2D eigenvalue weighted by Gasteiger charge is -2.37. The number of likely N-dealkylation sites (N-methyl/N-ethyl adjacent to an activating group) is 1. The van der Waals surface area contributed by atoms with Crippen molar-refractivity contribution in [2.24, 2.45) is 11.8 Å². The third-order valence-corrected chi connectivity index (χ3v) is 7.90. The zero-order valence-corrected chi connectivity index (χ0v) is 20.9.